The summed E-state index contributed by atoms with van der Waals surface area (Å²) in [6.07, 6.45) is 0. The van der Waals surface area contributed by atoms with E-state index in [2.05, 4.69) is 4.72 Å². The molecule has 0 aromatic heterocycles. The maximum atomic E-state index is 12.1. The molecule has 0 atom stereocenters. The first-order valence-electron chi connectivity index (χ1n) is 5.30. The van der Waals surface area contributed by atoms with E-state index in [1.165, 1.54) is 30.3 Å². The van der Waals surface area contributed by atoms with E-state index < -0.39 is 10.0 Å². The van der Waals surface area contributed by atoms with E-state index in [0.717, 1.165) is 0 Å². The predicted octanol–water partition coefficient (Wildman–Crippen LogP) is 3.01. The van der Waals surface area contributed by atoms with Gasteiger partial charge in [0, 0.05) is 5.02 Å². The minimum Gasteiger partial charge on any atom is -0.280 e. The fourth-order valence-corrected chi connectivity index (χ4v) is 2.71. The Morgan fingerprint density at radius 2 is 1.79 bits per heavy atom. The van der Waals surface area contributed by atoms with E-state index in [9.17, 15) is 8.42 Å². The molecule has 0 aliphatic rings. The molecule has 0 amide bonds. The summed E-state index contributed by atoms with van der Waals surface area (Å²) in [5.41, 5.74) is 0.790. The summed E-state index contributed by atoms with van der Waals surface area (Å²) in [5, 5.41) is 9.11. The fourth-order valence-electron chi connectivity index (χ4n) is 1.47. The molecule has 0 aliphatic carbocycles. The summed E-state index contributed by atoms with van der Waals surface area (Å²) in [6.45, 7) is 0. The molecule has 2 aromatic rings. The number of sulfonamides is 1. The molecule has 1 N–H and O–H groups in total. The van der Waals surface area contributed by atoms with Gasteiger partial charge in [-0.1, -0.05) is 17.7 Å². The van der Waals surface area contributed by atoms with Crippen molar-refractivity contribution >= 4 is 27.3 Å². The summed E-state index contributed by atoms with van der Waals surface area (Å²) in [5.74, 6) is 0. The molecule has 0 spiro atoms. The van der Waals surface area contributed by atoms with Crippen molar-refractivity contribution in [3.63, 3.8) is 0 Å². The molecule has 0 aliphatic heterocycles. The van der Waals surface area contributed by atoms with Crippen LogP contribution >= 0.6 is 11.6 Å². The van der Waals surface area contributed by atoms with Gasteiger partial charge in [-0.05, 0) is 42.5 Å². The minimum atomic E-state index is -3.67. The molecule has 96 valence electrons. The van der Waals surface area contributed by atoms with Gasteiger partial charge in [-0.15, -0.1) is 0 Å². The largest absolute Gasteiger partial charge is 0.280 e. The monoisotopic (exact) mass is 292 g/mol. The highest BCUT2D eigenvalue weighted by Gasteiger charge is 2.13. The van der Waals surface area contributed by atoms with Crippen molar-refractivity contribution in [2.75, 3.05) is 4.72 Å². The SMILES string of the molecule is N#Cc1ccc(S(=O)(=O)Nc2cccc(Cl)c2)cc1. The van der Waals surface area contributed by atoms with Crippen LogP contribution in [0.5, 0.6) is 0 Å². The van der Waals surface area contributed by atoms with E-state index in [0.29, 0.717) is 16.3 Å². The van der Waals surface area contributed by atoms with Crippen LogP contribution < -0.4 is 4.72 Å². The molecule has 0 bridgehead atoms. The molecule has 0 unspecified atom stereocenters. The van der Waals surface area contributed by atoms with Gasteiger partial charge in [0.25, 0.3) is 10.0 Å². The maximum Gasteiger partial charge on any atom is 0.261 e. The standard InChI is InChI=1S/C13H9ClN2O2S/c14-11-2-1-3-12(8-11)16-19(17,18)13-6-4-10(9-15)5-7-13/h1-8,16H. The Morgan fingerprint density at radius 1 is 1.11 bits per heavy atom. The van der Waals surface area contributed by atoms with Crippen LogP contribution in [0.1, 0.15) is 5.56 Å². The first-order valence-corrected chi connectivity index (χ1v) is 7.16. The van der Waals surface area contributed by atoms with Crippen LogP contribution in [-0.2, 0) is 10.0 Å². The van der Waals surface area contributed by atoms with Crippen LogP contribution in [0, 0.1) is 11.3 Å². The number of hydrogen-bond acceptors (Lipinski definition) is 3. The lowest BCUT2D eigenvalue weighted by Crippen LogP contribution is -2.12. The van der Waals surface area contributed by atoms with Gasteiger partial charge < -0.3 is 0 Å². The van der Waals surface area contributed by atoms with E-state index in [-0.39, 0.29) is 4.90 Å². The Balaban J connectivity index is 2.30. The van der Waals surface area contributed by atoms with Gasteiger partial charge in [0.05, 0.1) is 22.2 Å². The van der Waals surface area contributed by atoms with Crippen molar-refractivity contribution in [1.29, 1.82) is 5.26 Å². The predicted molar refractivity (Wildman–Crippen MR) is 73.4 cm³/mol. The lowest BCUT2D eigenvalue weighted by Gasteiger charge is -2.08. The van der Waals surface area contributed by atoms with Crippen LogP contribution in [-0.4, -0.2) is 8.42 Å². The number of nitrogens with zero attached hydrogens (tertiary/aromatic N) is 1. The second-order valence-corrected chi connectivity index (χ2v) is 5.87. The van der Waals surface area contributed by atoms with Crippen molar-refractivity contribution in [3.05, 3.63) is 59.1 Å². The van der Waals surface area contributed by atoms with Gasteiger partial charge in [0.15, 0.2) is 0 Å². The second kappa shape index (κ2) is 5.31. The highest BCUT2D eigenvalue weighted by atomic mass is 35.5. The Hall–Kier alpha value is -2.03. The first kappa shape index (κ1) is 13.4. The van der Waals surface area contributed by atoms with Crippen LogP contribution in [0.2, 0.25) is 5.02 Å². The third-order valence-corrected chi connectivity index (χ3v) is 4.00. The van der Waals surface area contributed by atoms with Gasteiger partial charge >= 0.3 is 0 Å². The minimum absolute atomic E-state index is 0.0893. The summed E-state index contributed by atoms with van der Waals surface area (Å²) in [7, 11) is -3.67. The highest BCUT2D eigenvalue weighted by molar-refractivity contribution is 7.92. The Labute approximate surface area is 116 Å². The van der Waals surface area contributed by atoms with E-state index in [4.69, 9.17) is 16.9 Å². The maximum absolute atomic E-state index is 12.1. The summed E-state index contributed by atoms with van der Waals surface area (Å²) < 4.78 is 26.6. The average molecular weight is 293 g/mol. The molecule has 2 rings (SSSR count). The average Bonchev–Trinajstić information content (AvgIpc) is 2.38. The van der Waals surface area contributed by atoms with Crippen molar-refractivity contribution in [1.82, 2.24) is 0 Å². The van der Waals surface area contributed by atoms with E-state index in [1.54, 1.807) is 18.2 Å². The van der Waals surface area contributed by atoms with Crippen LogP contribution in [0.15, 0.2) is 53.4 Å². The molecule has 6 heteroatoms. The summed E-state index contributed by atoms with van der Waals surface area (Å²) >= 11 is 5.79. The Kier molecular flexibility index (Phi) is 3.74. The zero-order valence-corrected chi connectivity index (χ0v) is 11.2. The number of rotatable bonds is 3. The highest BCUT2D eigenvalue weighted by Crippen LogP contribution is 2.19. The molecular weight excluding hydrogens is 284 g/mol. The van der Waals surface area contributed by atoms with Crippen molar-refractivity contribution in [2.45, 2.75) is 4.90 Å². The normalized spacial score (nSPS) is 10.7. The number of halogens is 1. The third-order valence-electron chi connectivity index (χ3n) is 2.37. The second-order valence-electron chi connectivity index (χ2n) is 3.75. The third kappa shape index (κ3) is 3.25. The summed E-state index contributed by atoms with van der Waals surface area (Å²) in [4.78, 5) is 0.0893. The molecule has 4 nitrogen and oxygen atoms in total. The zero-order valence-electron chi connectivity index (χ0n) is 9.67. The smallest absolute Gasteiger partial charge is 0.261 e. The quantitative estimate of drug-likeness (QED) is 0.945. The first-order chi connectivity index (χ1) is 9.01. The fraction of sp³-hybridized carbons (Fsp3) is 0. The zero-order chi connectivity index (χ0) is 13.9. The molecule has 0 fully saturated rings. The number of nitriles is 1. The lowest BCUT2D eigenvalue weighted by molar-refractivity contribution is 0.601. The Morgan fingerprint density at radius 3 is 2.37 bits per heavy atom. The van der Waals surface area contributed by atoms with Crippen molar-refractivity contribution < 1.29 is 8.42 Å². The van der Waals surface area contributed by atoms with Gasteiger partial charge in [-0.2, -0.15) is 5.26 Å². The Bertz CT molecular complexity index is 734. The topological polar surface area (TPSA) is 70.0 Å². The van der Waals surface area contributed by atoms with Crippen LogP contribution in [0.4, 0.5) is 5.69 Å². The summed E-state index contributed by atoms with van der Waals surface area (Å²) in [6, 6.07) is 14.0. The van der Waals surface area contributed by atoms with E-state index in [1.807, 2.05) is 6.07 Å². The van der Waals surface area contributed by atoms with E-state index >= 15 is 0 Å². The van der Waals surface area contributed by atoms with Gasteiger partial charge in [0.1, 0.15) is 0 Å². The van der Waals surface area contributed by atoms with Crippen LogP contribution in [0.25, 0.3) is 0 Å². The van der Waals surface area contributed by atoms with Crippen molar-refractivity contribution in [3.8, 4) is 6.07 Å². The molecule has 0 saturated carbocycles. The molecule has 2 aromatic carbocycles. The molecule has 0 heterocycles. The molecule has 0 radical (unpaired) electrons. The number of anilines is 1. The van der Waals surface area contributed by atoms with Crippen molar-refractivity contribution in [2.24, 2.45) is 0 Å². The molecule has 0 saturated heterocycles. The van der Waals surface area contributed by atoms with Gasteiger partial charge in [0.2, 0.25) is 0 Å². The van der Waals surface area contributed by atoms with Gasteiger partial charge in [-0.25, -0.2) is 8.42 Å². The molecule has 19 heavy (non-hydrogen) atoms. The molecular formula is C13H9ClN2O2S. The number of hydrogen-bond donors (Lipinski definition) is 1. The van der Waals surface area contributed by atoms with Gasteiger partial charge in [-0.3, -0.25) is 4.72 Å². The number of benzene rings is 2. The van der Waals surface area contributed by atoms with Crippen LogP contribution in [0.3, 0.4) is 0 Å². The number of nitrogens with one attached hydrogen (secondary N) is 1. The lowest BCUT2D eigenvalue weighted by atomic mass is 10.2.